The van der Waals surface area contributed by atoms with Gasteiger partial charge < -0.3 is 23.9 Å². The molecule has 0 radical (unpaired) electrons. The van der Waals surface area contributed by atoms with Crippen molar-refractivity contribution in [2.45, 2.75) is 0 Å². The molecule has 1 heterocycles. The summed E-state index contributed by atoms with van der Waals surface area (Å²) in [5.41, 5.74) is 4.51. The number of para-hydroxylation sites is 2. The molecule has 202 valence electrons. The number of rotatable bonds is 9. The van der Waals surface area contributed by atoms with Crippen molar-refractivity contribution in [3.8, 4) is 68.4 Å². The maximum absolute atomic E-state index is 6.31. The van der Waals surface area contributed by atoms with Crippen LogP contribution in [-0.4, -0.2) is 24.2 Å². The van der Waals surface area contributed by atoms with Crippen molar-refractivity contribution < 1.29 is 18.9 Å². The Morgan fingerprint density at radius 2 is 1.00 bits per heavy atom. The molecule has 0 saturated carbocycles. The van der Waals surface area contributed by atoms with E-state index in [0.29, 0.717) is 23.1 Å². The number of nitrogens with one attached hydrogen (secondary N) is 1. The molecular formula is C35H28N2O4. The van der Waals surface area contributed by atoms with Gasteiger partial charge in [0.25, 0.3) is 0 Å². The summed E-state index contributed by atoms with van der Waals surface area (Å²) in [5, 5.41) is 0. The second-order valence-electron chi connectivity index (χ2n) is 9.26. The summed E-state index contributed by atoms with van der Waals surface area (Å²) < 4.78 is 23.2. The molecule has 1 aromatic heterocycles. The third-order valence-corrected chi connectivity index (χ3v) is 6.61. The number of hydrogen-bond acceptors (Lipinski definition) is 5. The molecule has 0 amide bonds. The molecule has 0 aliphatic carbocycles. The Morgan fingerprint density at radius 3 is 1.56 bits per heavy atom. The molecule has 0 atom stereocenters. The van der Waals surface area contributed by atoms with Gasteiger partial charge in [-0.1, -0.05) is 36.4 Å². The second kappa shape index (κ2) is 11.7. The Balaban J connectivity index is 1.44. The van der Waals surface area contributed by atoms with Crippen LogP contribution in [0.5, 0.6) is 34.5 Å². The highest BCUT2D eigenvalue weighted by molar-refractivity contribution is 5.82. The standard InChI is InChI=1S/C35H28N2O4/c1-38-27-18-13-24(14-19-27)33-34(25-15-20-28(39-2)21-16-25)37-35(36-33)26-17-22-31(40-29-9-5-3-6-10-29)32(23-26)41-30-11-7-4-8-12-30/h3-23H,1-2H3,(H,36,37). The van der Waals surface area contributed by atoms with E-state index in [1.54, 1.807) is 14.2 Å². The number of benzene rings is 5. The number of H-pyrrole nitrogens is 1. The Hall–Kier alpha value is -5.49. The van der Waals surface area contributed by atoms with Crippen LogP contribution in [0, 0.1) is 0 Å². The van der Waals surface area contributed by atoms with E-state index in [0.717, 1.165) is 45.3 Å². The van der Waals surface area contributed by atoms with Gasteiger partial charge in [0.05, 0.1) is 25.6 Å². The van der Waals surface area contributed by atoms with Crippen LogP contribution >= 0.6 is 0 Å². The summed E-state index contributed by atoms with van der Waals surface area (Å²) in [7, 11) is 3.32. The van der Waals surface area contributed by atoms with Crippen molar-refractivity contribution in [2.24, 2.45) is 0 Å². The Bertz CT molecular complexity index is 1670. The van der Waals surface area contributed by atoms with E-state index < -0.39 is 0 Å². The molecule has 0 spiro atoms. The maximum atomic E-state index is 6.31. The molecule has 6 aromatic rings. The van der Waals surface area contributed by atoms with Gasteiger partial charge in [-0.05, 0) is 91.0 Å². The van der Waals surface area contributed by atoms with Gasteiger partial charge in [-0.15, -0.1) is 0 Å². The fourth-order valence-corrected chi connectivity index (χ4v) is 4.48. The minimum Gasteiger partial charge on any atom is -0.497 e. The normalized spacial score (nSPS) is 10.7. The minimum absolute atomic E-state index is 0.575. The first-order chi connectivity index (χ1) is 20.2. The van der Waals surface area contributed by atoms with Gasteiger partial charge in [0.1, 0.15) is 28.8 Å². The smallest absolute Gasteiger partial charge is 0.170 e. The predicted molar refractivity (Wildman–Crippen MR) is 161 cm³/mol. The molecule has 0 aliphatic rings. The molecule has 41 heavy (non-hydrogen) atoms. The highest BCUT2D eigenvalue weighted by atomic mass is 16.5. The first-order valence-electron chi connectivity index (χ1n) is 13.2. The predicted octanol–water partition coefficient (Wildman–Crippen LogP) is 9.01. The summed E-state index contributed by atoms with van der Waals surface area (Å²) in [4.78, 5) is 8.62. The lowest BCUT2D eigenvalue weighted by Crippen LogP contribution is -1.92. The fourth-order valence-electron chi connectivity index (χ4n) is 4.48. The van der Waals surface area contributed by atoms with Crippen molar-refractivity contribution in [2.75, 3.05) is 14.2 Å². The molecule has 5 aromatic carbocycles. The Kier molecular flexibility index (Phi) is 7.36. The van der Waals surface area contributed by atoms with E-state index in [4.69, 9.17) is 23.9 Å². The van der Waals surface area contributed by atoms with E-state index in [1.807, 2.05) is 127 Å². The lowest BCUT2D eigenvalue weighted by molar-refractivity contribution is 0.414. The third-order valence-electron chi connectivity index (χ3n) is 6.61. The first-order valence-corrected chi connectivity index (χ1v) is 13.2. The van der Waals surface area contributed by atoms with Gasteiger partial charge in [-0.3, -0.25) is 0 Å². The molecule has 1 N–H and O–H groups in total. The molecular weight excluding hydrogens is 512 g/mol. The van der Waals surface area contributed by atoms with Crippen LogP contribution in [0.1, 0.15) is 0 Å². The quantitative estimate of drug-likeness (QED) is 0.198. The monoisotopic (exact) mass is 540 g/mol. The number of ether oxygens (including phenoxy) is 4. The number of hydrogen-bond donors (Lipinski definition) is 1. The van der Waals surface area contributed by atoms with Crippen molar-refractivity contribution in [1.82, 2.24) is 9.97 Å². The largest absolute Gasteiger partial charge is 0.497 e. The summed E-state index contributed by atoms with van der Waals surface area (Å²) in [5.74, 6) is 4.88. The number of imidazole rings is 1. The molecule has 0 saturated heterocycles. The van der Waals surface area contributed by atoms with Gasteiger partial charge in [0.2, 0.25) is 0 Å². The van der Waals surface area contributed by atoms with Crippen LogP contribution in [0.15, 0.2) is 127 Å². The van der Waals surface area contributed by atoms with E-state index in [2.05, 4.69) is 4.98 Å². The Labute approximate surface area is 238 Å². The van der Waals surface area contributed by atoms with Crippen molar-refractivity contribution in [3.05, 3.63) is 127 Å². The molecule has 6 nitrogen and oxygen atoms in total. The highest BCUT2D eigenvalue weighted by Crippen LogP contribution is 2.40. The fraction of sp³-hybridized carbons (Fsp3) is 0.0571. The zero-order chi connectivity index (χ0) is 28.0. The molecule has 0 fully saturated rings. The maximum Gasteiger partial charge on any atom is 0.170 e. The van der Waals surface area contributed by atoms with Crippen molar-refractivity contribution in [1.29, 1.82) is 0 Å². The highest BCUT2D eigenvalue weighted by Gasteiger charge is 2.18. The van der Waals surface area contributed by atoms with Crippen LogP contribution in [0.3, 0.4) is 0 Å². The summed E-state index contributed by atoms with van der Waals surface area (Å²) in [6, 6.07) is 40.9. The molecule has 0 unspecified atom stereocenters. The van der Waals surface area contributed by atoms with E-state index in [1.165, 1.54) is 0 Å². The third kappa shape index (κ3) is 5.77. The summed E-state index contributed by atoms with van der Waals surface area (Å²) >= 11 is 0. The van der Waals surface area contributed by atoms with Crippen molar-refractivity contribution in [3.63, 3.8) is 0 Å². The van der Waals surface area contributed by atoms with Gasteiger partial charge in [-0.25, -0.2) is 4.98 Å². The average Bonchev–Trinajstić information content (AvgIpc) is 3.48. The van der Waals surface area contributed by atoms with Gasteiger partial charge in [0, 0.05) is 16.7 Å². The Morgan fingerprint density at radius 1 is 0.488 bits per heavy atom. The lowest BCUT2D eigenvalue weighted by Gasteiger charge is -2.13. The number of nitrogens with zero attached hydrogens (tertiary/aromatic N) is 1. The zero-order valence-electron chi connectivity index (χ0n) is 22.7. The lowest BCUT2D eigenvalue weighted by atomic mass is 10.0. The van der Waals surface area contributed by atoms with E-state index >= 15 is 0 Å². The molecule has 6 heteroatoms. The van der Waals surface area contributed by atoms with Gasteiger partial charge in [0.15, 0.2) is 11.5 Å². The number of aromatic amines is 1. The topological polar surface area (TPSA) is 65.6 Å². The van der Waals surface area contributed by atoms with Gasteiger partial charge in [-0.2, -0.15) is 0 Å². The number of aromatic nitrogens is 2. The SMILES string of the molecule is COc1ccc(-c2nc(-c3ccc(Oc4ccccc4)c(Oc4ccccc4)c3)[nH]c2-c2ccc(OC)cc2)cc1. The summed E-state index contributed by atoms with van der Waals surface area (Å²) in [6.45, 7) is 0. The van der Waals surface area contributed by atoms with Crippen LogP contribution in [0.2, 0.25) is 0 Å². The van der Waals surface area contributed by atoms with E-state index in [9.17, 15) is 0 Å². The molecule has 6 rings (SSSR count). The first kappa shape index (κ1) is 25.8. The minimum atomic E-state index is 0.575. The number of methoxy groups -OCH3 is 2. The van der Waals surface area contributed by atoms with Crippen molar-refractivity contribution >= 4 is 0 Å². The van der Waals surface area contributed by atoms with Crippen LogP contribution in [0.25, 0.3) is 33.9 Å². The van der Waals surface area contributed by atoms with Crippen LogP contribution in [0.4, 0.5) is 0 Å². The molecule has 0 aliphatic heterocycles. The van der Waals surface area contributed by atoms with Gasteiger partial charge >= 0.3 is 0 Å². The molecule has 0 bridgehead atoms. The average molecular weight is 541 g/mol. The zero-order valence-corrected chi connectivity index (χ0v) is 22.7. The van der Waals surface area contributed by atoms with Crippen LogP contribution < -0.4 is 18.9 Å². The summed E-state index contributed by atoms with van der Waals surface area (Å²) in [6.07, 6.45) is 0. The second-order valence-corrected chi connectivity index (χ2v) is 9.26. The van der Waals surface area contributed by atoms with E-state index in [-0.39, 0.29) is 0 Å². The van der Waals surface area contributed by atoms with Crippen LogP contribution in [-0.2, 0) is 0 Å².